The molecule has 1 fully saturated rings. The maximum atomic E-state index is 12.6. The Morgan fingerprint density at radius 3 is 2.91 bits per heavy atom. The number of aromatic nitrogens is 4. The zero-order valence-corrected chi connectivity index (χ0v) is 13.5. The lowest BCUT2D eigenvalue weighted by Gasteiger charge is -2.34. The molecular formula is C13H16Cl2N6O. The second-order valence-corrected chi connectivity index (χ2v) is 5.38. The molecule has 7 nitrogen and oxygen atoms in total. The summed E-state index contributed by atoms with van der Waals surface area (Å²) in [5, 5.41) is 14.6. The molecule has 3 rings (SSSR count). The lowest BCUT2D eigenvalue weighted by molar-refractivity contribution is 0.0656. The highest BCUT2D eigenvalue weighted by Gasteiger charge is 2.25. The van der Waals surface area contributed by atoms with Gasteiger partial charge in [0.25, 0.3) is 5.91 Å². The number of halogens is 2. The molecule has 1 aliphatic heterocycles. The van der Waals surface area contributed by atoms with E-state index in [1.54, 1.807) is 18.2 Å². The zero-order chi connectivity index (χ0) is 14.8. The standard InChI is InChI=1S/C13H15ClN6O.ClH/c1-9-7-15-4-5-19(9)13(21)11-3-2-10(6-12(11)14)20-8-16-17-18-20;/h2-3,6,8-9,15H,4-5,7H2,1H3;1H/t9-;/m1./s1. The van der Waals surface area contributed by atoms with E-state index in [9.17, 15) is 4.79 Å². The average Bonchev–Trinajstić information content (AvgIpc) is 3.01. The summed E-state index contributed by atoms with van der Waals surface area (Å²) in [6.45, 7) is 4.31. The van der Waals surface area contributed by atoms with Gasteiger partial charge < -0.3 is 10.2 Å². The molecule has 1 aromatic carbocycles. The number of nitrogens with zero attached hydrogens (tertiary/aromatic N) is 5. The molecule has 118 valence electrons. The minimum atomic E-state index is -0.0442. The highest BCUT2D eigenvalue weighted by molar-refractivity contribution is 6.34. The molecule has 0 bridgehead atoms. The van der Waals surface area contributed by atoms with E-state index in [1.165, 1.54) is 11.0 Å². The highest BCUT2D eigenvalue weighted by atomic mass is 35.5. The minimum Gasteiger partial charge on any atom is -0.333 e. The molecular weight excluding hydrogens is 327 g/mol. The molecule has 0 aliphatic carbocycles. The molecule has 1 aliphatic rings. The monoisotopic (exact) mass is 342 g/mol. The number of nitrogens with one attached hydrogen (secondary N) is 1. The van der Waals surface area contributed by atoms with Gasteiger partial charge in [0.15, 0.2) is 0 Å². The fraction of sp³-hybridized carbons (Fsp3) is 0.385. The number of tetrazole rings is 1. The van der Waals surface area contributed by atoms with Crippen LogP contribution >= 0.6 is 24.0 Å². The van der Waals surface area contributed by atoms with Crippen molar-refractivity contribution in [2.24, 2.45) is 0 Å². The Morgan fingerprint density at radius 2 is 2.27 bits per heavy atom. The fourth-order valence-corrected chi connectivity index (χ4v) is 2.65. The SMILES string of the molecule is C[C@@H]1CNCCN1C(=O)c1ccc(-n2cnnn2)cc1Cl.Cl. The summed E-state index contributed by atoms with van der Waals surface area (Å²) in [7, 11) is 0. The molecule has 0 spiro atoms. The number of hydrogen-bond donors (Lipinski definition) is 1. The summed E-state index contributed by atoms with van der Waals surface area (Å²) in [5.41, 5.74) is 1.22. The third-order valence-corrected chi connectivity index (χ3v) is 3.87. The van der Waals surface area contributed by atoms with Crippen molar-refractivity contribution >= 4 is 29.9 Å². The molecule has 1 saturated heterocycles. The maximum absolute atomic E-state index is 12.6. The van der Waals surface area contributed by atoms with Crippen molar-refractivity contribution in [1.29, 1.82) is 0 Å². The van der Waals surface area contributed by atoms with Gasteiger partial charge >= 0.3 is 0 Å². The van der Waals surface area contributed by atoms with Gasteiger partial charge in [0, 0.05) is 25.7 Å². The van der Waals surface area contributed by atoms with E-state index in [0.717, 1.165) is 18.8 Å². The fourth-order valence-electron chi connectivity index (χ4n) is 2.40. The van der Waals surface area contributed by atoms with E-state index < -0.39 is 0 Å². The van der Waals surface area contributed by atoms with E-state index in [2.05, 4.69) is 20.8 Å². The number of hydrogen-bond acceptors (Lipinski definition) is 5. The summed E-state index contributed by atoms with van der Waals surface area (Å²) >= 11 is 6.26. The van der Waals surface area contributed by atoms with Crippen LogP contribution in [0.4, 0.5) is 0 Å². The molecule has 1 aromatic heterocycles. The van der Waals surface area contributed by atoms with E-state index in [0.29, 0.717) is 17.1 Å². The number of amides is 1. The lowest BCUT2D eigenvalue weighted by Crippen LogP contribution is -2.52. The van der Waals surface area contributed by atoms with E-state index >= 15 is 0 Å². The third kappa shape index (κ3) is 3.21. The first-order valence-corrected chi connectivity index (χ1v) is 7.09. The van der Waals surface area contributed by atoms with Crippen LogP contribution in [0.5, 0.6) is 0 Å². The Labute approximate surface area is 139 Å². The summed E-state index contributed by atoms with van der Waals surface area (Å²) in [5.74, 6) is -0.0442. The van der Waals surface area contributed by atoms with Gasteiger partial charge in [-0.2, -0.15) is 0 Å². The van der Waals surface area contributed by atoms with E-state index in [1.807, 2.05) is 11.8 Å². The van der Waals surface area contributed by atoms with Gasteiger partial charge in [-0.25, -0.2) is 4.68 Å². The largest absolute Gasteiger partial charge is 0.333 e. The second kappa shape index (κ2) is 7.04. The van der Waals surface area contributed by atoms with Crippen molar-refractivity contribution < 1.29 is 4.79 Å². The second-order valence-electron chi connectivity index (χ2n) is 4.97. The smallest absolute Gasteiger partial charge is 0.255 e. The first-order chi connectivity index (χ1) is 10.2. The molecule has 1 amide bonds. The number of carbonyl (C=O) groups is 1. The van der Waals surface area contributed by atoms with Crippen molar-refractivity contribution in [3.8, 4) is 5.69 Å². The van der Waals surface area contributed by atoms with Gasteiger partial charge in [-0.15, -0.1) is 17.5 Å². The van der Waals surface area contributed by atoms with Gasteiger partial charge in [-0.05, 0) is 35.5 Å². The van der Waals surface area contributed by atoms with Crippen LogP contribution in [0.25, 0.3) is 5.69 Å². The molecule has 1 atom stereocenters. The normalized spacial score (nSPS) is 17.9. The quantitative estimate of drug-likeness (QED) is 0.886. The van der Waals surface area contributed by atoms with Crippen molar-refractivity contribution in [2.45, 2.75) is 13.0 Å². The summed E-state index contributed by atoms with van der Waals surface area (Å²) in [6.07, 6.45) is 1.48. The first-order valence-electron chi connectivity index (χ1n) is 6.71. The van der Waals surface area contributed by atoms with Crippen LogP contribution in [0.3, 0.4) is 0 Å². The minimum absolute atomic E-state index is 0. The van der Waals surface area contributed by atoms with E-state index in [4.69, 9.17) is 11.6 Å². The van der Waals surface area contributed by atoms with Gasteiger partial charge in [-0.3, -0.25) is 4.79 Å². The predicted octanol–water partition coefficient (Wildman–Crippen LogP) is 1.17. The first kappa shape index (κ1) is 16.7. The molecule has 2 aromatic rings. The highest BCUT2D eigenvalue weighted by Crippen LogP contribution is 2.22. The Kier molecular flexibility index (Phi) is 5.33. The molecule has 1 N–H and O–H groups in total. The lowest BCUT2D eigenvalue weighted by atomic mass is 10.1. The molecule has 0 saturated carbocycles. The van der Waals surface area contributed by atoms with Crippen LogP contribution < -0.4 is 5.32 Å². The third-order valence-electron chi connectivity index (χ3n) is 3.56. The van der Waals surface area contributed by atoms with Gasteiger partial charge in [0.1, 0.15) is 6.33 Å². The number of piperazine rings is 1. The zero-order valence-electron chi connectivity index (χ0n) is 11.9. The maximum Gasteiger partial charge on any atom is 0.255 e. The average molecular weight is 343 g/mol. The van der Waals surface area contributed by atoms with Crippen molar-refractivity contribution in [1.82, 2.24) is 30.4 Å². The van der Waals surface area contributed by atoms with Gasteiger partial charge in [0.05, 0.1) is 16.3 Å². The number of carbonyl (C=O) groups excluding carboxylic acids is 1. The van der Waals surface area contributed by atoms with Crippen molar-refractivity contribution in [3.63, 3.8) is 0 Å². The van der Waals surface area contributed by atoms with E-state index in [-0.39, 0.29) is 24.4 Å². The van der Waals surface area contributed by atoms with Crippen LogP contribution in [0.1, 0.15) is 17.3 Å². The summed E-state index contributed by atoms with van der Waals surface area (Å²) in [6, 6.07) is 5.35. The van der Waals surface area contributed by atoms with Crippen LogP contribution in [0, 0.1) is 0 Å². The molecule has 2 heterocycles. The van der Waals surface area contributed by atoms with Gasteiger partial charge in [0.2, 0.25) is 0 Å². The molecule has 0 unspecified atom stereocenters. The van der Waals surface area contributed by atoms with Crippen LogP contribution in [-0.2, 0) is 0 Å². The van der Waals surface area contributed by atoms with Gasteiger partial charge in [-0.1, -0.05) is 11.6 Å². The van der Waals surface area contributed by atoms with Crippen LogP contribution in [0.15, 0.2) is 24.5 Å². The Balaban J connectivity index is 0.00000176. The van der Waals surface area contributed by atoms with Crippen LogP contribution in [0.2, 0.25) is 5.02 Å². The van der Waals surface area contributed by atoms with Crippen LogP contribution in [-0.4, -0.2) is 56.7 Å². The summed E-state index contributed by atoms with van der Waals surface area (Å²) < 4.78 is 1.49. The molecule has 0 radical (unpaired) electrons. The predicted molar refractivity (Wildman–Crippen MR) is 84.8 cm³/mol. The number of benzene rings is 1. The topological polar surface area (TPSA) is 75.9 Å². The summed E-state index contributed by atoms with van der Waals surface area (Å²) in [4.78, 5) is 14.4. The number of rotatable bonds is 2. The van der Waals surface area contributed by atoms with Crippen molar-refractivity contribution in [3.05, 3.63) is 35.1 Å². The Bertz CT molecular complexity index is 648. The molecule has 22 heavy (non-hydrogen) atoms. The Morgan fingerprint density at radius 1 is 1.45 bits per heavy atom. The Hall–Kier alpha value is -1.70. The molecule has 9 heteroatoms. The van der Waals surface area contributed by atoms with Crippen molar-refractivity contribution in [2.75, 3.05) is 19.6 Å².